The molecule has 10 nitrogen and oxygen atoms in total. The number of hydrogen-bond acceptors (Lipinski definition) is 6. The van der Waals surface area contributed by atoms with Gasteiger partial charge >= 0.3 is 0 Å². The molecule has 1 aromatic carbocycles. The molecule has 0 aliphatic rings. The van der Waals surface area contributed by atoms with Gasteiger partial charge in [-0.05, 0) is 24.1 Å². The second kappa shape index (κ2) is 9.52. The van der Waals surface area contributed by atoms with E-state index in [1.54, 1.807) is 13.8 Å². The summed E-state index contributed by atoms with van der Waals surface area (Å²) in [7, 11) is 0. The molecule has 2 N–H and O–H groups in total. The van der Waals surface area contributed by atoms with E-state index in [1.165, 1.54) is 12.1 Å². The van der Waals surface area contributed by atoms with Crippen LogP contribution in [0.25, 0.3) is 5.65 Å². The molecule has 1 atom stereocenters. The van der Waals surface area contributed by atoms with E-state index in [0.29, 0.717) is 18.8 Å². The molecule has 0 aliphatic carbocycles. The second-order valence-corrected chi connectivity index (χ2v) is 7.61. The van der Waals surface area contributed by atoms with Crippen LogP contribution in [0.4, 0.5) is 5.69 Å². The molecule has 2 amide bonds. The first-order valence-electron chi connectivity index (χ1n) is 9.59. The van der Waals surface area contributed by atoms with Gasteiger partial charge in [0, 0.05) is 31.3 Å². The Morgan fingerprint density at radius 3 is 2.68 bits per heavy atom. The summed E-state index contributed by atoms with van der Waals surface area (Å²) in [6, 6.07) is 8.31. The fraction of sp³-hybridized carbons (Fsp3) is 0.300. The summed E-state index contributed by atoms with van der Waals surface area (Å²) in [6.07, 6.45) is 2.31. The number of halogens is 1. The van der Waals surface area contributed by atoms with E-state index in [1.807, 2.05) is 28.8 Å². The third-order valence-corrected chi connectivity index (χ3v) is 4.99. The highest BCUT2D eigenvalue weighted by atomic mass is 35.5. The molecule has 2 heterocycles. The minimum Gasteiger partial charge on any atom is -0.354 e. The quantitative estimate of drug-likeness (QED) is 0.405. The Labute approximate surface area is 182 Å². The molecule has 0 aliphatic heterocycles. The number of nitrogens with zero attached hydrogens (tertiary/aromatic N) is 4. The van der Waals surface area contributed by atoms with Crippen LogP contribution >= 0.6 is 11.6 Å². The fourth-order valence-corrected chi connectivity index (χ4v) is 3.29. The molecule has 0 bridgehead atoms. The SMILES string of the molecule is CC(C)C(NC(=O)c1ccc([N+](=O)[O-])cc1Cl)C(=O)NCCc1nnc2ccccn12. The summed E-state index contributed by atoms with van der Waals surface area (Å²) in [6.45, 7) is 3.91. The summed E-state index contributed by atoms with van der Waals surface area (Å²) >= 11 is 6.02. The highest BCUT2D eigenvalue weighted by molar-refractivity contribution is 6.34. The van der Waals surface area contributed by atoms with Crippen molar-refractivity contribution in [1.82, 2.24) is 25.2 Å². The molecular formula is C20H21ClN6O4. The molecule has 1 unspecified atom stereocenters. The number of carbonyl (C=O) groups is 2. The lowest BCUT2D eigenvalue weighted by Crippen LogP contribution is -2.50. The van der Waals surface area contributed by atoms with E-state index < -0.39 is 16.9 Å². The maximum Gasteiger partial charge on any atom is 0.270 e. The van der Waals surface area contributed by atoms with Crippen molar-refractivity contribution in [3.63, 3.8) is 0 Å². The van der Waals surface area contributed by atoms with Gasteiger partial charge in [0.2, 0.25) is 5.91 Å². The standard InChI is InChI=1S/C20H21ClN6O4/c1-12(2)18(23-19(28)14-7-6-13(27(30)31)11-15(14)21)20(29)22-9-8-17-25-24-16-5-3-4-10-26(16)17/h3-7,10-12,18H,8-9H2,1-2H3,(H,22,29)(H,23,28). The Kier molecular flexibility index (Phi) is 6.81. The van der Waals surface area contributed by atoms with Gasteiger partial charge in [-0.25, -0.2) is 0 Å². The molecule has 3 aromatic rings. The number of non-ortho nitro benzene ring substituents is 1. The smallest absolute Gasteiger partial charge is 0.270 e. The largest absolute Gasteiger partial charge is 0.354 e. The van der Waals surface area contributed by atoms with Gasteiger partial charge in [-0.15, -0.1) is 10.2 Å². The summed E-state index contributed by atoms with van der Waals surface area (Å²) in [4.78, 5) is 35.5. The van der Waals surface area contributed by atoms with Gasteiger partial charge in [0.15, 0.2) is 5.65 Å². The van der Waals surface area contributed by atoms with E-state index in [9.17, 15) is 19.7 Å². The van der Waals surface area contributed by atoms with E-state index >= 15 is 0 Å². The number of nitro groups is 1. The van der Waals surface area contributed by atoms with E-state index in [2.05, 4.69) is 20.8 Å². The first-order chi connectivity index (χ1) is 14.8. The minimum atomic E-state index is -0.811. The second-order valence-electron chi connectivity index (χ2n) is 7.20. The molecule has 162 valence electrons. The van der Waals surface area contributed by atoms with Crippen LogP contribution < -0.4 is 10.6 Å². The highest BCUT2D eigenvalue weighted by Crippen LogP contribution is 2.22. The van der Waals surface area contributed by atoms with Crippen molar-refractivity contribution in [3.05, 3.63) is 69.1 Å². The third-order valence-electron chi connectivity index (χ3n) is 4.68. The molecule has 3 rings (SSSR count). The Morgan fingerprint density at radius 1 is 1.23 bits per heavy atom. The molecule has 0 fully saturated rings. The molecule has 0 saturated carbocycles. The van der Waals surface area contributed by atoms with Crippen LogP contribution in [0, 0.1) is 16.0 Å². The number of carbonyl (C=O) groups excluding carboxylic acids is 2. The lowest BCUT2D eigenvalue weighted by Gasteiger charge is -2.22. The number of hydrogen-bond donors (Lipinski definition) is 2. The molecule has 11 heteroatoms. The Hall–Kier alpha value is -3.53. The fourth-order valence-electron chi connectivity index (χ4n) is 3.02. The monoisotopic (exact) mass is 444 g/mol. The van der Waals surface area contributed by atoms with Crippen LogP contribution in [0.3, 0.4) is 0 Å². The van der Waals surface area contributed by atoms with Crippen LogP contribution in [0.15, 0.2) is 42.6 Å². The third kappa shape index (κ3) is 5.15. The predicted molar refractivity (Wildman–Crippen MR) is 114 cm³/mol. The predicted octanol–water partition coefficient (Wildman–Crippen LogP) is 2.40. The lowest BCUT2D eigenvalue weighted by atomic mass is 10.0. The number of amides is 2. The number of benzene rings is 1. The van der Waals surface area contributed by atoms with Gasteiger partial charge in [0.05, 0.1) is 15.5 Å². The van der Waals surface area contributed by atoms with Crippen molar-refractivity contribution >= 4 is 34.7 Å². The summed E-state index contributed by atoms with van der Waals surface area (Å²) in [5.74, 6) is -0.430. The molecule has 0 saturated heterocycles. The van der Waals surface area contributed by atoms with Crippen molar-refractivity contribution < 1.29 is 14.5 Å². The average Bonchev–Trinajstić information content (AvgIpc) is 3.14. The highest BCUT2D eigenvalue weighted by Gasteiger charge is 2.26. The zero-order valence-electron chi connectivity index (χ0n) is 16.9. The summed E-state index contributed by atoms with van der Waals surface area (Å²) < 4.78 is 1.84. The van der Waals surface area contributed by atoms with Gasteiger partial charge in [0.1, 0.15) is 11.9 Å². The normalized spacial score (nSPS) is 12.0. The van der Waals surface area contributed by atoms with Gasteiger partial charge in [-0.1, -0.05) is 31.5 Å². The Morgan fingerprint density at radius 2 is 2.00 bits per heavy atom. The van der Waals surface area contributed by atoms with Crippen LogP contribution in [0.2, 0.25) is 5.02 Å². The maximum absolute atomic E-state index is 12.7. The van der Waals surface area contributed by atoms with Crippen molar-refractivity contribution in [2.45, 2.75) is 26.3 Å². The van der Waals surface area contributed by atoms with Crippen molar-refractivity contribution in [2.24, 2.45) is 5.92 Å². The zero-order valence-corrected chi connectivity index (χ0v) is 17.7. The van der Waals surface area contributed by atoms with Crippen molar-refractivity contribution in [2.75, 3.05) is 6.54 Å². The summed E-state index contributed by atoms with van der Waals surface area (Å²) in [5, 5.41) is 24.4. The minimum absolute atomic E-state index is 0.0562. The average molecular weight is 445 g/mol. The Balaban J connectivity index is 1.62. The van der Waals surface area contributed by atoms with Crippen LogP contribution in [0.1, 0.15) is 30.0 Å². The first-order valence-corrected chi connectivity index (χ1v) is 9.97. The number of rotatable bonds is 8. The molecule has 2 aromatic heterocycles. The molecule has 0 radical (unpaired) electrons. The maximum atomic E-state index is 12.7. The van der Waals surface area contributed by atoms with Crippen LogP contribution in [-0.4, -0.2) is 43.9 Å². The number of aromatic nitrogens is 3. The van der Waals surface area contributed by atoms with E-state index in [4.69, 9.17) is 11.6 Å². The topological polar surface area (TPSA) is 132 Å². The van der Waals surface area contributed by atoms with E-state index in [-0.39, 0.29) is 28.1 Å². The van der Waals surface area contributed by atoms with Gasteiger partial charge in [0.25, 0.3) is 11.6 Å². The first kappa shape index (κ1) is 22.2. The number of fused-ring (bicyclic) bond motifs is 1. The lowest BCUT2D eigenvalue weighted by molar-refractivity contribution is -0.384. The Bertz CT molecular complexity index is 1130. The van der Waals surface area contributed by atoms with Gasteiger partial charge < -0.3 is 10.6 Å². The van der Waals surface area contributed by atoms with Crippen LogP contribution in [-0.2, 0) is 11.2 Å². The number of nitrogens with one attached hydrogen (secondary N) is 2. The van der Waals surface area contributed by atoms with Crippen molar-refractivity contribution in [3.8, 4) is 0 Å². The van der Waals surface area contributed by atoms with Gasteiger partial charge in [-0.3, -0.25) is 24.1 Å². The summed E-state index contributed by atoms with van der Waals surface area (Å²) in [5.41, 5.74) is 0.553. The van der Waals surface area contributed by atoms with Gasteiger partial charge in [-0.2, -0.15) is 0 Å². The molecular weight excluding hydrogens is 424 g/mol. The molecule has 0 spiro atoms. The van der Waals surface area contributed by atoms with Crippen LogP contribution in [0.5, 0.6) is 0 Å². The number of nitro benzene ring substituents is 1. The van der Waals surface area contributed by atoms with Crippen molar-refractivity contribution in [1.29, 1.82) is 0 Å². The zero-order chi connectivity index (χ0) is 22.5. The van der Waals surface area contributed by atoms with E-state index in [0.717, 1.165) is 11.7 Å². The molecule has 31 heavy (non-hydrogen) atoms. The number of pyridine rings is 1.